The van der Waals surface area contributed by atoms with Gasteiger partial charge in [-0.15, -0.1) is 0 Å². The Morgan fingerprint density at radius 2 is 1.69 bits per heavy atom. The van der Waals surface area contributed by atoms with Gasteiger partial charge in [-0.3, -0.25) is 14.4 Å². The zero-order valence-electron chi connectivity index (χ0n) is 18.7. The number of carbonyl (C=O) groups is 3. The summed E-state index contributed by atoms with van der Waals surface area (Å²) in [6.45, 7) is 1.88. The molecule has 3 N–H and O–H groups in total. The highest BCUT2D eigenvalue weighted by Crippen LogP contribution is 2.29. The Morgan fingerprint density at radius 1 is 0.943 bits per heavy atom. The molecule has 3 amide bonds. The van der Waals surface area contributed by atoms with Crippen LogP contribution in [0.15, 0.2) is 71.8 Å². The summed E-state index contributed by atoms with van der Waals surface area (Å²) in [5, 5.41) is 9.27. The molecule has 0 saturated heterocycles. The molecule has 0 heterocycles. The average molecular weight is 513 g/mol. The van der Waals surface area contributed by atoms with Gasteiger partial charge in [0.2, 0.25) is 0 Å². The van der Waals surface area contributed by atoms with Gasteiger partial charge in [-0.1, -0.05) is 60.5 Å². The molecule has 8 nitrogen and oxygen atoms in total. The molecule has 0 fully saturated rings. The number of hydrogen-bond donors (Lipinski definition) is 3. The fourth-order valence-corrected chi connectivity index (χ4v) is 3.20. The van der Waals surface area contributed by atoms with Crippen LogP contribution in [0.4, 0.5) is 11.4 Å². The molecular weight excluding hydrogens is 491 g/mol. The van der Waals surface area contributed by atoms with Gasteiger partial charge < -0.3 is 15.4 Å². The fraction of sp³-hybridized carbons (Fsp3) is 0.120. The van der Waals surface area contributed by atoms with E-state index in [0.29, 0.717) is 17.0 Å². The maximum absolute atomic E-state index is 12.1. The predicted molar refractivity (Wildman–Crippen MR) is 137 cm³/mol. The molecule has 180 valence electrons. The molecule has 0 unspecified atom stereocenters. The molecule has 35 heavy (non-hydrogen) atoms. The van der Waals surface area contributed by atoms with Gasteiger partial charge in [0.15, 0.2) is 6.61 Å². The monoisotopic (exact) mass is 512 g/mol. The van der Waals surface area contributed by atoms with Crippen molar-refractivity contribution in [2.24, 2.45) is 5.10 Å². The van der Waals surface area contributed by atoms with Crippen LogP contribution in [0.25, 0.3) is 0 Å². The first-order valence-electron chi connectivity index (χ1n) is 10.6. The Morgan fingerprint density at radius 3 is 2.43 bits per heavy atom. The van der Waals surface area contributed by atoms with Crippen LogP contribution < -0.4 is 20.8 Å². The minimum Gasteiger partial charge on any atom is -0.484 e. The molecular formula is C25H22Cl2N4O4. The van der Waals surface area contributed by atoms with Crippen molar-refractivity contribution in [1.82, 2.24) is 5.43 Å². The maximum atomic E-state index is 12.1. The highest BCUT2D eigenvalue weighted by Gasteiger charge is 2.15. The lowest BCUT2D eigenvalue weighted by atomic mass is 10.1. The number of hydrazone groups is 1. The third kappa shape index (κ3) is 7.84. The van der Waals surface area contributed by atoms with E-state index in [9.17, 15) is 14.4 Å². The first-order valence-corrected chi connectivity index (χ1v) is 11.3. The second-order valence-corrected chi connectivity index (χ2v) is 8.00. The Hall–Kier alpha value is -3.88. The Kier molecular flexibility index (Phi) is 9.23. The largest absolute Gasteiger partial charge is 0.484 e. The van der Waals surface area contributed by atoms with E-state index < -0.39 is 11.8 Å². The number of ether oxygens (including phenoxy) is 1. The van der Waals surface area contributed by atoms with E-state index in [2.05, 4.69) is 28.1 Å². The number of aryl methyl sites for hydroxylation is 1. The lowest BCUT2D eigenvalue weighted by molar-refractivity contribution is -0.136. The van der Waals surface area contributed by atoms with Crippen LogP contribution in [0.1, 0.15) is 18.1 Å². The number of carbonyl (C=O) groups excluding carboxylic acids is 3. The van der Waals surface area contributed by atoms with Gasteiger partial charge in [-0.25, -0.2) is 5.43 Å². The molecule has 3 rings (SSSR count). The molecule has 0 aromatic heterocycles. The fourth-order valence-electron chi connectivity index (χ4n) is 2.85. The number of hydrogen-bond acceptors (Lipinski definition) is 5. The highest BCUT2D eigenvalue weighted by atomic mass is 35.5. The van der Waals surface area contributed by atoms with Gasteiger partial charge in [0, 0.05) is 5.69 Å². The van der Waals surface area contributed by atoms with E-state index in [1.54, 1.807) is 36.4 Å². The summed E-state index contributed by atoms with van der Waals surface area (Å²) < 4.78 is 5.53. The predicted octanol–water partition coefficient (Wildman–Crippen LogP) is 4.66. The molecule has 0 aliphatic heterocycles. The van der Waals surface area contributed by atoms with Crippen molar-refractivity contribution in [2.75, 3.05) is 17.2 Å². The number of nitrogens with one attached hydrogen (secondary N) is 3. The number of rotatable bonds is 8. The number of benzene rings is 3. The topological polar surface area (TPSA) is 109 Å². The summed E-state index contributed by atoms with van der Waals surface area (Å²) >= 11 is 11.9. The van der Waals surface area contributed by atoms with Crippen molar-refractivity contribution in [3.05, 3.63) is 87.9 Å². The maximum Gasteiger partial charge on any atom is 0.329 e. The van der Waals surface area contributed by atoms with Crippen LogP contribution in [0.5, 0.6) is 5.75 Å². The summed E-state index contributed by atoms with van der Waals surface area (Å²) in [6.07, 6.45) is 2.26. The smallest absolute Gasteiger partial charge is 0.329 e. The Balaban J connectivity index is 1.48. The SMILES string of the molecule is CCc1ccc(NC(=O)COc2cccc(/C=N\NC(=O)C(=O)Nc3cccc(Cl)c3Cl)c2)cc1. The third-order valence-electron chi connectivity index (χ3n) is 4.66. The zero-order chi connectivity index (χ0) is 25.2. The van der Waals surface area contributed by atoms with Gasteiger partial charge in [0.25, 0.3) is 5.91 Å². The number of nitrogens with zero attached hydrogens (tertiary/aromatic N) is 1. The normalized spacial score (nSPS) is 10.6. The number of halogens is 2. The lowest BCUT2D eigenvalue weighted by Gasteiger charge is -2.08. The van der Waals surface area contributed by atoms with Gasteiger partial charge in [0.1, 0.15) is 5.75 Å². The van der Waals surface area contributed by atoms with Gasteiger partial charge in [-0.05, 0) is 53.9 Å². The van der Waals surface area contributed by atoms with E-state index in [0.717, 1.165) is 6.42 Å². The van der Waals surface area contributed by atoms with Crippen LogP contribution >= 0.6 is 23.2 Å². The molecule has 0 aliphatic carbocycles. The molecule has 3 aromatic carbocycles. The molecule has 0 saturated carbocycles. The van der Waals surface area contributed by atoms with Crippen LogP contribution in [0.2, 0.25) is 10.0 Å². The van der Waals surface area contributed by atoms with E-state index in [4.69, 9.17) is 27.9 Å². The minimum atomic E-state index is -0.992. The Labute approximate surface area is 212 Å². The molecule has 0 aliphatic rings. The first kappa shape index (κ1) is 25.7. The number of amides is 3. The van der Waals surface area contributed by atoms with E-state index in [-0.39, 0.29) is 28.2 Å². The van der Waals surface area contributed by atoms with E-state index in [1.165, 1.54) is 17.8 Å². The van der Waals surface area contributed by atoms with Crippen molar-refractivity contribution in [3.63, 3.8) is 0 Å². The van der Waals surface area contributed by atoms with Crippen molar-refractivity contribution < 1.29 is 19.1 Å². The third-order valence-corrected chi connectivity index (χ3v) is 5.48. The quantitative estimate of drug-likeness (QED) is 0.231. The molecule has 0 radical (unpaired) electrons. The second-order valence-electron chi connectivity index (χ2n) is 7.21. The molecule has 0 spiro atoms. The second kappa shape index (κ2) is 12.5. The highest BCUT2D eigenvalue weighted by molar-refractivity contribution is 6.45. The van der Waals surface area contributed by atoms with Crippen LogP contribution in [0.3, 0.4) is 0 Å². The van der Waals surface area contributed by atoms with Crippen molar-refractivity contribution >= 4 is 58.5 Å². The standard InChI is InChI=1S/C25H22Cl2N4O4/c1-2-16-9-11-18(12-10-16)29-22(32)15-35-19-6-3-5-17(13-19)14-28-31-25(34)24(33)30-21-8-4-7-20(26)23(21)27/h3-14H,2,15H2,1H3,(H,29,32)(H,30,33)(H,31,34)/b28-14-. The van der Waals surface area contributed by atoms with Crippen molar-refractivity contribution in [1.29, 1.82) is 0 Å². The average Bonchev–Trinajstić information content (AvgIpc) is 2.86. The summed E-state index contributed by atoms with van der Waals surface area (Å²) in [5.74, 6) is -1.82. The summed E-state index contributed by atoms with van der Waals surface area (Å²) in [4.78, 5) is 36.2. The number of anilines is 2. The van der Waals surface area contributed by atoms with Crippen LogP contribution in [-0.4, -0.2) is 30.5 Å². The Bertz CT molecular complexity index is 1250. The van der Waals surface area contributed by atoms with Gasteiger partial charge in [0.05, 0.1) is 21.9 Å². The molecule has 0 bridgehead atoms. The molecule has 3 aromatic rings. The summed E-state index contributed by atoms with van der Waals surface area (Å²) in [6, 6.07) is 19.0. The van der Waals surface area contributed by atoms with Gasteiger partial charge >= 0.3 is 11.8 Å². The van der Waals surface area contributed by atoms with Crippen LogP contribution in [0, 0.1) is 0 Å². The zero-order valence-corrected chi connectivity index (χ0v) is 20.2. The van der Waals surface area contributed by atoms with Crippen molar-refractivity contribution in [2.45, 2.75) is 13.3 Å². The summed E-state index contributed by atoms with van der Waals surface area (Å²) in [5.41, 5.74) is 4.78. The van der Waals surface area contributed by atoms with Gasteiger partial charge in [-0.2, -0.15) is 5.10 Å². The molecule has 10 heteroatoms. The molecule has 0 atom stereocenters. The first-order chi connectivity index (χ1) is 16.9. The van der Waals surface area contributed by atoms with Crippen LogP contribution in [-0.2, 0) is 20.8 Å². The summed E-state index contributed by atoms with van der Waals surface area (Å²) in [7, 11) is 0. The van der Waals surface area contributed by atoms with Crippen molar-refractivity contribution in [3.8, 4) is 5.75 Å². The minimum absolute atomic E-state index is 0.124. The van der Waals surface area contributed by atoms with E-state index >= 15 is 0 Å². The lowest BCUT2D eigenvalue weighted by Crippen LogP contribution is -2.32. The van der Waals surface area contributed by atoms with E-state index in [1.807, 2.05) is 24.3 Å².